The number of rotatable bonds is 9. The number of nitrogens with one attached hydrogen (secondary N) is 2. The lowest BCUT2D eigenvalue weighted by molar-refractivity contribution is -0.263. The zero-order chi connectivity index (χ0) is 32.2. The highest BCUT2D eigenvalue weighted by Gasteiger charge is 2.43. The number of anilines is 1. The Balaban J connectivity index is 1.16. The van der Waals surface area contributed by atoms with Crippen molar-refractivity contribution < 1.29 is 19.4 Å². The van der Waals surface area contributed by atoms with Crippen LogP contribution in [0.15, 0.2) is 60.9 Å². The lowest BCUT2D eigenvalue weighted by Crippen LogP contribution is -2.55. The monoisotopic (exact) mass is 633 g/mol. The Morgan fingerprint density at radius 1 is 0.979 bits per heavy atom. The van der Waals surface area contributed by atoms with Gasteiger partial charge in [0.15, 0.2) is 0 Å². The Kier molecular flexibility index (Phi) is 9.18. The fourth-order valence-corrected chi connectivity index (χ4v) is 7.86. The molecule has 1 aliphatic heterocycles. The van der Waals surface area contributed by atoms with Gasteiger partial charge in [-0.1, -0.05) is 62.5 Å². The van der Waals surface area contributed by atoms with Crippen molar-refractivity contribution in [3.05, 3.63) is 83.3 Å². The molecule has 0 spiro atoms. The number of carbonyl (C=O) groups excluding carboxylic acids is 2. The van der Waals surface area contributed by atoms with Crippen molar-refractivity contribution in [2.45, 2.75) is 88.6 Å². The molecule has 0 unspecified atom stereocenters. The molecule has 9 nitrogen and oxygen atoms in total. The third kappa shape index (κ3) is 6.34. The first-order valence-electron chi connectivity index (χ1n) is 17.1. The summed E-state index contributed by atoms with van der Waals surface area (Å²) in [5.74, 6) is 0.0779. The van der Waals surface area contributed by atoms with Crippen LogP contribution in [0, 0.1) is 0 Å². The minimum Gasteiger partial charge on any atom is -0.339 e. The molecule has 2 aromatic heterocycles. The minimum absolute atomic E-state index is 0.174. The summed E-state index contributed by atoms with van der Waals surface area (Å²) in [6, 6.07) is 13.7. The van der Waals surface area contributed by atoms with Gasteiger partial charge in [0.25, 0.3) is 5.91 Å². The van der Waals surface area contributed by atoms with Gasteiger partial charge in [-0.3, -0.25) is 19.6 Å². The van der Waals surface area contributed by atoms with Crippen LogP contribution in [-0.4, -0.2) is 45.6 Å². The molecule has 0 bridgehead atoms. The molecule has 4 aromatic rings. The summed E-state index contributed by atoms with van der Waals surface area (Å²) >= 11 is 0. The molecule has 3 aliphatic rings. The van der Waals surface area contributed by atoms with Crippen LogP contribution >= 0.6 is 0 Å². The fourth-order valence-electron chi connectivity index (χ4n) is 7.86. The summed E-state index contributed by atoms with van der Waals surface area (Å²) < 4.78 is 2.39. The average Bonchev–Trinajstić information content (AvgIpc) is 3.65. The first kappa shape index (κ1) is 31.3. The quantitative estimate of drug-likeness (QED) is 0.113. The van der Waals surface area contributed by atoms with E-state index in [0.717, 1.165) is 54.7 Å². The highest BCUT2D eigenvalue weighted by atomic mass is 17.2. The first-order valence-corrected chi connectivity index (χ1v) is 17.1. The number of nitrogens with zero attached hydrogens (tertiary/aromatic N) is 3. The molecule has 3 heterocycles. The highest BCUT2D eigenvalue weighted by Crippen LogP contribution is 2.45. The molecule has 9 heteroatoms. The topological polar surface area (TPSA) is 107 Å². The van der Waals surface area contributed by atoms with Crippen molar-refractivity contribution >= 4 is 34.5 Å². The molecule has 244 valence electrons. The molecule has 0 radical (unpaired) electrons. The van der Waals surface area contributed by atoms with Crippen LogP contribution in [0.2, 0.25) is 0 Å². The number of aryl methyl sites for hydroxylation is 2. The molecule has 2 amide bonds. The van der Waals surface area contributed by atoms with Crippen LogP contribution in [0.4, 0.5) is 5.69 Å². The molecule has 2 aromatic carbocycles. The molecule has 2 aliphatic carbocycles. The number of aromatic nitrogens is 3. The summed E-state index contributed by atoms with van der Waals surface area (Å²) in [5, 5.41) is 7.48. The molecular weight excluding hydrogens is 590 g/mol. The normalized spacial score (nSPS) is 17.7. The second kappa shape index (κ2) is 13.8. The smallest absolute Gasteiger partial charge is 0.252 e. The highest BCUT2D eigenvalue weighted by molar-refractivity contribution is 6.06. The number of carbonyl (C=O) groups is 2. The van der Waals surface area contributed by atoms with Gasteiger partial charge in [0, 0.05) is 41.1 Å². The number of fused-ring (bicyclic) bond motifs is 5. The summed E-state index contributed by atoms with van der Waals surface area (Å²) in [5.41, 5.74) is 6.95. The molecule has 0 atom stereocenters. The molecule has 47 heavy (non-hydrogen) atoms. The van der Waals surface area contributed by atoms with Crippen LogP contribution < -0.4 is 10.6 Å². The van der Waals surface area contributed by atoms with E-state index in [2.05, 4.69) is 26.2 Å². The second-order valence-electron chi connectivity index (χ2n) is 13.1. The largest absolute Gasteiger partial charge is 0.339 e. The maximum absolute atomic E-state index is 14.0. The van der Waals surface area contributed by atoms with Crippen LogP contribution in [0.3, 0.4) is 0 Å². The zero-order valence-electron chi connectivity index (χ0n) is 27.1. The van der Waals surface area contributed by atoms with E-state index in [1.165, 1.54) is 55.9 Å². The maximum atomic E-state index is 14.0. The Morgan fingerprint density at radius 2 is 1.77 bits per heavy atom. The summed E-state index contributed by atoms with van der Waals surface area (Å²) in [7, 11) is 1.47. The van der Waals surface area contributed by atoms with Crippen LogP contribution in [0.25, 0.3) is 28.4 Å². The number of hydrogen-bond donors (Lipinski definition) is 2. The lowest BCUT2D eigenvalue weighted by atomic mass is 9.82. The Labute approximate surface area is 275 Å². The van der Waals surface area contributed by atoms with E-state index in [-0.39, 0.29) is 11.8 Å². The number of amides is 2. The van der Waals surface area contributed by atoms with Gasteiger partial charge in [-0.25, -0.2) is 9.78 Å². The number of benzene rings is 2. The molecule has 7 rings (SSSR count). The summed E-state index contributed by atoms with van der Waals surface area (Å²) in [6.07, 6.45) is 18.3. The average molecular weight is 634 g/mol. The van der Waals surface area contributed by atoms with E-state index in [4.69, 9.17) is 14.9 Å². The van der Waals surface area contributed by atoms with E-state index < -0.39 is 5.54 Å². The Hall–Kier alpha value is -4.34. The predicted octanol–water partition coefficient (Wildman–Crippen LogP) is 7.36. The molecular formula is C38H43N5O4. The Morgan fingerprint density at radius 3 is 2.55 bits per heavy atom. The summed E-state index contributed by atoms with van der Waals surface area (Å²) in [4.78, 5) is 46.8. The van der Waals surface area contributed by atoms with E-state index in [9.17, 15) is 9.59 Å². The standard InChI is InChI=1S/C38H43N5O4/c1-46-47-24-8-9-26-13-16-29(17-14-26)41-37(45)38(19-5-6-20-38)42-36(44)28-15-18-30-32(25-28)43-23-7-12-31-34(40-22-21-39-31)35(43)33(30)27-10-3-2-4-11-27/h8-9,13-18,21-22,25,27H,2-7,10-12,19-20,23-24H2,1H3,(H,41,45)(H,42,44)/b9-8+. The SMILES string of the molecule is COOC/C=C/c1ccc(NC(=O)C2(NC(=O)c3ccc4c(C5CCCCC5)c5n(c4c3)CCCc3nccnc3-5)CCCC2)cc1. The van der Waals surface area contributed by atoms with Crippen molar-refractivity contribution in [1.29, 1.82) is 0 Å². The van der Waals surface area contributed by atoms with E-state index in [1.807, 2.05) is 48.6 Å². The van der Waals surface area contributed by atoms with Crippen molar-refractivity contribution in [2.75, 3.05) is 19.0 Å². The van der Waals surface area contributed by atoms with E-state index in [1.54, 1.807) is 12.4 Å². The second-order valence-corrected chi connectivity index (χ2v) is 13.1. The summed E-state index contributed by atoms with van der Waals surface area (Å²) in [6.45, 7) is 1.20. The maximum Gasteiger partial charge on any atom is 0.252 e. The van der Waals surface area contributed by atoms with Gasteiger partial charge in [0.1, 0.15) is 17.8 Å². The van der Waals surface area contributed by atoms with E-state index in [0.29, 0.717) is 36.6 Å². The third-order valence-corrected chi connectivity index (χ3v) is 10.2. The van der Waals surface area contributed by atoms with Gasteiger partial charge in [0.2, 0.25) is 5.91 Å². The van der Waals surface area contributed by atoms with Gasteiger partial charge in [-0.2, -0.15) is 0 Å². The predicted molar refractivity (Wildman–Crippen MR) is 183 cm³/mol. The zero-order valence-corrected chi connectivity index (χ0v) is 27.1. The van der Waals surface area contributed by atoms with Gasteiger partial charge < -0.3 is 15.2 Å². The van der Waals surface area contributed by atoms with Crippen molar-refractivity contribution in [2.24, 2.45) is 0 Å². The van der Waals surface area contributed by atoms with Gasteiger partial charge in [-0.15, -0.1) is 0 Å². The molecule has 2 fully saturated rings. The minimum atomic E-state index is -0.958. The molecule has 2 N–H and O–H groups in total. The first-order chi connectivity index (χ1) is 23.1. The van der Waals surface area contributed by atoms with Crippen molar-refractivity contribution in [3.63, 3.8) is 0 Å². The Bertz CT molecular complexity index is 1780. The third-order valence-electron chi connectivity index (χ3n) is 10.2. The number of hydrogen-bond acceptors (Lipinski definition) is 6. The van der Waals surface area contributed by atoms with Crippen LogP contribution in [-0.2, 0) is 27.5 Å². The van der Waals surface area contributed by atoms with Gasteiger partial charge in [-0.05, 0) is 79.8 Å². The lowest BCUT2D eigenvalue weighted by Gasteiger charge is -2.29. The van der Waals surface area contributed by atoms with Crippen LogP contribution in [0.1, 0.15) is 97.3 Å². The fraction of sp³-hybridized carbons (Fsp3) is 0.421. The van der Waals surface area contributed by atoms with E-state index >= 15 is 0 Å². The van der Waals surface area contributed by atoms with Gasteiger partial charge in [0.05, 0.1) is 18.5 Å². The van der Waals surface area contributed by atoms with Crippen molar-refractivity contribution in [1.82, 2.24) is 19.9 Å². The molecule has 0 saturated heterocycles. The van der Waals surface area contributed by atoms with Crippen molar-refractivity contribution in [3.8, 4) is 11.4 Å². The van der Waals surface area contributed by atoms with Crippen LogP contribution in [0.5, 0.6) is 0 Å². The molecule has 2 saturated carbocycles. The van der Waals surface area contributed by atoms with Gasteiger partial charge >= 0.3 is 0 Å².